The summed E-state index contributed by atoms with van der Waals surface area (Å²) >= 11 is 1.44. The summed E-state index contributed by atoms with van der Waals surface area (Å²) in [6.45, 7) is 8.48. The minimum absolute atomic E-state index is 0.0218. The number of fused-ring (bicyclic) bond motifs is 1. The topological polar surface area (TPSA) is 98.8 Å². The molecule has 0 atom stereocenters. The normalized spacial score (nSPS) is 13.7. The van der Waals surface area contributed by atoms with Crippen molar-refractivity contribution in [3.05, 3.63) is 59.2 Å². The Morgan fingerprint density at radius 2 is 1.91 bits per heavy atom. The molecule has 0 radical (unpaired) electrons. The fraction of sp³-hybridized carbons (Fsp3) is 0.308. The standard InChI is InChI=1S/C26H28N4O4S/c1-6-34-24(32)19(13-16-7-12-22(33-5)21(31)14-16)20-15-35-25-28-27-23(30(25)29-20)17-8-10-18(11-9-17)26(2,3)4/h7-14,31H,6,15H2,1-5H3/b19-13-. The quantitative estimate of drug-likeness (QED) is 0.385. The van der Waals surface area contributed by atoms with E-state index in [0.29, 0.717) is 39.3 Å². The van der Waals surface area contributed by atoms with Crippen LogP contribution in [0.25, 0.3) is 17.5 Å². The van der Waals surface area contributed by atoms with Gasteiger partial charge in [0.1, 0.15) is 0 Å². The van der Waals surface area contributed by atoms with Gasteiger partial charge in [0.2, 0.25) is 5.16 Å². The number of ether oxygens (including phenoxy) is 2. The van der Waals surface area contributed by atoms with Crippen LogP contribution in [0.1, 0.15) is 38.8 Å². The number of nitrogens with zero attached hydrogens (tertiary/aromatic N) is 4. The molecule has 8 nitrogen and oxygen atoms in total. The number of phenols is 1. The molecule has 9 heteroatoms. The van der Waals surface area contributed by atoms with Crippen LogP contribution in [0.3, 0.4) is 0 Å². The van der Waals surface area contributed by atoms with Crippen molar-refractivity contribution in [3.8, 4) is 22.9 Å². The Hall–Kier alpha value is -3.59. The maximum atomic E-state index is 12.9. The Balaban J connectivity index is 1.75. The zero-order valence-corrected chi connectivity index (χ0v) is 21.2. The second kappa shape index (κ2) is 9.95. The number of benzene rings is 2. The van der Waals surface area contributed by atoms with Crippen molar-refractivity contribution >= 4 is 29.5 Å². The van der Waals surface area contributed by atoms with Crippen LogP contribution in [0.5, 0.6) is 11.5 Å². The number of carbonyl (C=O) groups is 1. The minimum Gasteiger partial charge on any atom is -0.504 e. The lowest BCUT2D eigenvalue weighted by Gasteiger charge is -2.19. The number of phenolic OH excluding ortho intramolecular Hbond substituents is 1. The molecule has 0 bridgehead atoms. The fourth-order valence-electron chi connectivity index (χ4n) is 3.59. The first-order chi connectivity index (χ1) is 16.7. The zero-order valence-electron chi connectivity index (χ0n) is 20.4. The molecule has 1 aliphatic heterocycles. The van der Waals surface area contributed by atoms with Gasteiger partial charge in [-0.05, 0) is 41.7 Å². The number of esters is 1. The Morgan fingerprint density at radius 3 is 2.54 bits per heavy atom. The van der Waals surface area contributed by atoms with Crippen molar-refractivity contribution in [1.82, 2.24) is 14.9 Å². The summed E-state index contributed by atoms with van der Waals surface area (Å²) in [6.07, 6.45) is 1.66. The van der Waals surface area contributed by atoms with Crippen LogP contribution >= 0.6 is 11.8 Å². The Kier molecular flexibility index (Phi) is 6.98. The highest BCUT2D eigenvalue weighted by atomic mass is 32.2. The number of aromatic hydroxyl groups is 1. The largest absolute Gasteiger partial charge is 0.504 e. The molecule has 0 aliphatic carbocycles. The summed E-state index contributed by atoms with van der Waals surface area (Å²) in [7, 11) is 1.48. The van der Waals surface area contributed by atoms with Gasteiger partial charge in [-0.2, -0.15) is 9.78 Å². The van der Waals surface area contributed by atoms with Crippen LogP contribution in [0, 0.1) is 0 Å². The number of thioether (sulfide) groups is 1. The number of aromatic nitrogens is 3. The van der Waals surface area contributed by atoms with Crippen LogP contribution in [0.4, 0.5) is 0 Å². The van der Waals surface area contributed by atoms with Gasteiger partial charge >= 0.3 is 5.97 Å². The van der Waals surface area contributed by atoms with Crippen molar-refractivity contribution in [2.75, 3.05) is 19.5 Å². The zero-order chi connectivity index (χ0) is 25.2. The van der Waals surface area contributed by atoms with E-state index in [1.165, 1.54) is 30.5 Å². The van der Waals surface area contributed by atoms with Gasteiger partial charge in [0, 0.05) is 11.3 Å². The molecule has 0 spiro atoms. The number of rotatable bonds is 6. The molecule has 1 aromatic heterocycles. The fourth-order valence-corrected chi connectivity index (χ4v) is 4.42. The molecule has 2 aromatic carbocycles. The van der Waals surface area contributed by atoms with Gasteiger partial charge in [-0.15, -0.1) is 10.2 Å². The van der Waals surface area contributed by atoms with Crippen molar-refractivity contribution in [1.29, 1.82) is 0 Å². The molecule has 0 saturated carbocycles. The SMILES string of the molecule is CCOC(=O)/C(=C\c1ccc(OC)c(O)c1)C1=Nn2c(nnc2-c2ccc(C(C)(C)C)cc2)SC1. The van der Waals surface area contributed by atoms with Gasteiger partial charge in [0.25, 0.3) is 0 Å². The summed E-state index contributed by atoms with van der Waals surface area (Å²) < 4.78 is 12.1. The van der Waals surface area contributed by atoms with E-state index in [4.69, 9.17) is 14.6 Å². The van der Waals surface area contributed by atoms with Gasteiger partial charge in [0.05, 0.1) is 25.0 Å². The minimum atomic E-state index is -0.491. The lowest BCUT2D eigenvalue weighted by atomic mass is 9.87. The molecule has 2 heterocycles. The third-order valence-electron chi connectivity index (χ3n) is 5.50. The van der Waals surface area contributed by atoms with Crippen molar-refractivity contribution in [3.63, 3.8) is 0 Å². The predicted octanol–water partition coefficient (Wildman–Crippen LogP) is 4.91. The van der Waals surface area contributed by atoms with Crippen LogP contribution in [0.2, 0.25) is 0 Å². The molecule has 4 rings (SSSR count). The Bertz CT molecular complexity index is 1300. The summed E-state index contributed by atoms with van der Waals surface area (Å²) in [4.78, 5) is 12.9. The molecular formula is C26H28N4O4S. The van der Waals surface area contributed by atoms with E-state index >= 15 is 0 Å². The Labute approximate surface area is 208 Å². The number of methoxy groups -OCH3 is 1. The number of carbonyl (C=O) groups excluding carboxylic acids is 1. The smallest absolute Gasteiger partial charge is 0.340 e. The molecule has 35 heavy (non-hydrogen) atoms. The van der Waals surface area contributed by atoms with Crippen LogP contribution in [-0.2, 0) is 14.9 Å². The van der Waals surface area contributed by atoms with E-state index in [-0.39, 0.29) is 17.8 Å². The van der Waals surface area contributed by atoms with Crippen LogP contribution in [0.15, 0.2) is 58.3 Å². The highest BCUT2D eigenvalue weighted by Crippen LogP contribution is 2.32. The highest BCUT2D eigenvalue weighted by Gasteiger charge is 2.26. The summed E-state index contributed by atoms with van der Waals surface area (Å²) in [5.74, 6) is 0.854. The van der Waals surface area contributed by atoms with E-state index in [9.17, 15) is 9.90 Å². The van der Waals surface area contributed by atoms with Gasteiger partial charge in [-0.3, -0.25) is 0 Å². The van der Waals surface area contributed by atoms with Gasteiger partial charge in [-0.1, -0.05) is 62.9 Å². The van der Waals surface area contributed by atoms with E-state index in [1.807, 2.05) is 12.1 Å². The molecule has 1 aliphatic rings. The molecule has 0 unspecified atom stereocenters. The third-order valence-corrected chi connectivity index (χ3v) is 6.43. The van der Waals surface area contributed by atoms with E-state index in [1.54, 1.807) is 29.8 Å². The molecule has 0 saturated heterocycles. The molecule has 3 aromatic rings. The first-order valence-electron chi connectivity index (χ1n) is 11.2. The maximum Gasteiger partial charge on any atom is 0.340 e. The lowest BCUT2D eigenvalue weighted by Crippen LogP contribution is -2.21. The van der Waals surface area contributed by atoms with E-state index in [0.717, 1.165) is 5.56 Å². The van der Waals surface area contributed by atoms with Crippen LogP contribution < -0.4 is 4.74 Å². The maximum absolute atomic E-state index is 12.9. The first-order valence-corrected chi connectivity index (χ1v) is 12.2. The summed E-state index contributed by atoms with van der Waals surface area (Å²) in [5.41, 5.74) is 3.59. The second-order valence-electron chi connectivity index (χ2n) is 8.99. The van der Waals surface area contributed by atoms with Gasteiger partial charge < -0.3 is 14.6 Å². The first kappa shape index (κ1) is 24.5. The second-order valence-corrected chi connectivity index (χ2v) is 9.93. The van der Waals surface area contributed by atoms with Gasteiger partial charge in [-0.25, -0.2) is 4.79 Å². The van der Waals surface area contributed by atoms with Crippen molar-refractivity contribution < 1.29 is 19.4 Å². The number of hydrogen-bond acceptors (Lipinski definition) is 8. The van der Waals surface area contributed by atoms with Gasteiger partial charge in [0.15, 0.2) is 17.3 Å². The third kappa shape index (κ3) is 5.24. The summed E-state index contributed by atoms with van der Waals surface area (Å²) in [5, 5.41) is 24.2. The summed E-state index contributed by atoms with van der Waals surface area (Å²) in [6, 6.07) is 13.1. The van der Waals surface area contributed by atoms with Crippen molar-refractivity contribution in [2.24, 2.45) is 5.10 Å². The van der Waals surface area contributed by atoms with Crippen molar-refractivity contribution in [2.45, 2.75) is 38.3 Å². The molecule has 0 amide bonds. The lowest BCUT2D eigenvalue weighted by molar-refractivity contribution is -0.137. The van der Waals surface area contributed by atoms with E-state index < -0.39 is 5.97 Å². The highest BCUT2D eigenvalue weighted by molar-refractivity contribution is 7.99. The average molecular weight is 493 g/mol. The van der Waals surface area contributed by atoms with Crippen LogP contribution in [-0.4, -0.2) is 51.1 Å². The Morgan fingerprint density at radius 1 is 1.17 bits per heavy atom. The average Bonchev–Trinajstić information content (AvgIpc) is 3.25. The molecule has 182 valence electrons. The van der Waals surface area contributed by atoms with E-state index in [2.05, 4.69) is 43.1 Å². The predicted molar refractivity (Wildman–Crippen MR) is 137 cm³/mol. The molecule has 0 fully saturated rings. The molecular weight excluding hydrogens is 464 g/mol. The number of hydrogen-bond donors (Lipinski definition) is 1. The molecule has 1 N–H and O–H groups in total. The monoisotopic (exact) mass is 492 g/mol.